The molecule has 2 unspecified atom stereocenters. The van der Waals surface area contributed by atoms with Crippen LogP contribution >= 0.6 is 0 Å². The number of hydrogen-bond donors (Lipinski definition) is 1. The average Bonchev–Trinajstić information content (AvgIpc) is 2.31. The fourth-order valence-corrected chi connectivity index (χ4v) is 2.01. The highest BCUT2D eigenvalue weighted by molar-refractivity contribution is 5.23. The molecule has 2 nitrogen and oxygen atoms in total. The van der Waals surface area contributed by atoms with Gasteiger partial charge in [-0.1, -0.05) is 25.1 Å². The molecule has 0 bridgehead atoms. The first-order valence-electron chi connectivity index (χ1n) is 6.21. The largest absolute Gasteiger partial charge is 0.326 e. The highest BCUT2D eigenvalue weighted by Gasteiger charge is 2.26. The van der Waals surface area contributed by atoms with Gasteiger partial charge in [0, 0.05) is 17.6 Å². The summed E-state index contributed by atoms with van der Waals surface area (Å²) in [6, 6.07) is 7.11. The number of likely N-dealkylation sites (N-methyl/N-ethyl adjacent to an activating group) is 1. The Morgan fingerprint density at radius 1 is 1.29 bits per heavy atom. The van der Waals surface area contributed by atoms with E-state index in [0.717, 1.165) is 6.42 Å². The number of hydrogen-bond acceptors (Lipinski definition) is 2. The zero-order valence-electron chi connectivity index (χ0n) is 11.2. The van der Waals surface area contributed by atoms with Crippen molar-refractivity contribution in [2.75, 3.05) is 7.05 Å². The minimum atomic E-state index is -0.172. The molecule has 0 spiro atoms. The van der Waals surface area contributed by atoms with Crippen molar-refractivity contribution < 1.29 is 4.39 Å². The Morgan fingerprint density at radius 2 is 1.88 bits per heavy atom. The second-order valence-corrected chi connectivity index (χ2v) is 4.80. The standard InChI is InChI=1S/C14H23FN2/c1-5-13(16)14(17(4)10(2)3)11-8-6-7-9-12(11)15/h6-10,13-14H,5,16H2,1-4H3. The van der Waals surface area contributed by atoms with E-state index in [1.807, 2.05) is 26.1 Å². The molecule has 0 saturated heterocycles. The van der Waals surface area contributed by atoms with Crippen LogP contribution in [0.25, 0.3) is 0 Å². The van der Waals surface area contributed by atoms with E-state index >= 15 is 0 Å². The Morgan fingerprint density at radius 3 is 2.35 bits per heavy atom. The minimum Gasteiger partial charge on any atom is -0.326 e. The second-order valence-electron chi connectivity index (χ2n) is 4.80. The van der Waals surface area contributed by atoms with E-state index in [1.165, 1.54) is 6.07 Å². The molecular formula is C14H23FN2. The third-order valence-corrected chi connectivity index (χ3v) is 3.35. The maximum atomic E-state index is 13.9. The molecule has 0 saturated carbocycles. The highest BCUT2D eigenvalue weighted by atomic mass is 19.1. The lowest BCUT2D eigenvalue weighted by Gasteiger charge is -2.35. The van der Waals surface area contributed by atoms with E-state index < -0.39 is 0 Å². The molecule has 0 fully saturated rings. The molecule has 2 atom stereocenters. The molecule has 1 aromatic rings. The minimum absolute atomic E-state index is 0.0562. The fourth-order valence-electron chi connectivity index (χ4n) is 2.01. The van der Waals surface area contributed by atoms with E-state index in [-0.39, 0.29) is 17.9 Å². The number of halogens is 1. The third kappa shape index (κ3) is 3.27. The van der Waals surface area contributed by atoms with Gasteiger partial charge in [0.1, 0.15) is 5.82 Å². The average molecular weight is 238 g/mol. The van der Waals surface area contributed by atoms with Gasteiger partial charge < -0.3 is 5.73 Å². The van der Waals surface area contributed by atoms with Gasteiger partial charge in [-0.25, -0.2) is 4.39 Å². The van der Waals surface area contributed by atoms with Crippen molar-refractivity contribution in [1.82, 2.24) is 4.90 Å². The summed E-state index contributed by atoms with van der Waals surface area (Å²) in [6.07, 6.45) is 0.829. The van der Waals surface area contributed by atoms with Crippen LogP contribution in [0.15, 0.2) is 24.3 Å². The van der Waals surface area contributed by atoms with Crippen molar-refractivity contribution in [2.24, 2.45) is 5.73 Å². The Labute approximate surface area is 104 Å². The van der Waals surface area contributed by atoms with E-state index in [9.17, 15) is 4.39 Å². The fraction of sp³-hybridized carbons (Fsp3) is 0.571. The smallest absolute Gasteiger partial charge is 0.128 e. The van der Waals surface area contributed by atoms with Crippen LogP contribution in [0.3, 0.4) is 0 Å². The predicted octanol–water partition coefficient (Wildman–Crippen LogP) is 2.94. The van der Waals surface area contributed by atoms with Crippen molar-refractivity contribution in [2.45, 2.75) is 45.3 Å². The molecule has 0 amide bonds. The number of nitrogens with zero attached hydrogens (tertiary/aromatic N) is 1. The molecule has 17 heavy (non-hydrogen) atoms. The lowest BCUT2D eigenvalue weighted by molar-refractivity contribution is 0.165. The van der Waals surface area contributed by atoms with E-state index in [1.54, 1.807) is 6.07 Å². The zero-order valence-corrected chi connectivity index (χ0v) is 11.2. The first-order valence-corrected chi connectivity index (χ1v) is 6.21. The summed E-state index contributed by atoms with van der Waals surface area (Å²) in [4.78, 5) is 2.13. The Hall–Kier alpha value is -0.930. The maximum absolute atomic E-state index is 13.9. The summed E-state index contributed by atoms with van der Waals surface area (Å²) in [7, 11) is 2.00. The van der Waals surface area contributed by atoms with Crippen LogP contribution in [-0.2, 0) is 0 Å². The summed E-state index contributed by atoms with van der Waals surface area (Å²) >= 11 is 0. The van der Waals surface area contributed by atoms with Crippen molar-refractivity contribution in [1.29, 1.82) is 0 Å². The van der Waals surface area contributed by atoms with Gasteiger partial charge in [-0.2, -0.15) is 0 Å². The van der Waals surface area contributed by atoms with Crippen LogP contribution in [0.4, 0.5) is 4.39 Å². The SMILES string of the molecule is CCC(N)C(c1ccccc1F)N(C)C(C)C. The summed E-state index contributed by atoms with van der Waals surface area (Å²) in [5.74, 6) is -0.172. The maximum Gasteiger partial charge on any atom is 0.128 e. The van der Waals surface area contributed by atoms with Gasteiger partial charge in [0.2, 0.25) is 0 Å². The zero-order chi connectivity index (χ0) is 13.0. The molecule has 1 rings (SSSR count). The van der Waals surface area contributed by atoms with Gasteiger partial charge in [-0.15, -0.1) is 0 Å². The van der Waals surface area contributed by atoms with Crippen LogP contribution in [0.2, 0.25) is 0 Å². The second kappa shape index (κ2) is 6.12. The molecule has 1 aromatic carbocycles. The normalized spacial score (nSPS) is 15.3. The quantitative estimate of drug-likeness (QED) is 0.854. The Bertz CT molecular complexity index is 352. The number of rotatable bonds is 5. The summed E-state index contributed by atoms with van der Waals surface area (Å²) < 4.78 is 13.9. The summed E-state index contributed by atoms with van der Waals surface area (Å²) in [6.45, 7) is 6.22. The first-order chi connectivity index (χ1) is 7.99. The lowest BCUT2D eigenvalue weighted by atomic mass is 9.95. The van der Waals surface area contributed by atoms with Gasteiger partial charge in [-0.05, 0) is 33.4 Å². The summed E-state index contributed by atoms with van der Waals surface area (Å²) in [5, 5.41) is 0. The van der Waals surface area contributed by atoms with Crippen molar-refractivity contribution in [3.05, 3.63) is 35.6 Å². The van der Waals surface area contributed by atoms with E-state index in [0.29, 0.717) is 11.6 Å². The molecule has 0 aliphatic heterocycles. The Kier molecular flexibility index (Phi) is 5.09. The van der Waals surface area contributed by atoms with Crippen LogP contribution in [-0.4, -0.2) is 24.0 Å². The summed E-state index contributed by atoms with van der Waals surface area (Å²) in [5.41, 5.74) is 6.84. The molecular weight excluding hydrogens is 215 g/mol. The first kappa shape index (κ1) is 14.1. The highest BCUT2D eigenvalue weighted by Crippen LogP contribution is 2.27. The molecule has 0 aliphatic rings. The van der Waals surface area contributed by atoms with Crippen molar-refractivity contribution >= 4 is 0 Å². The van der Waals surface area contributed by atoms with Gasteiger partial charge in [0.15, 0.2) is 0 Å². The van der Waals surface area contributed by atoms with E-state index in [4.69, 9.17) is 5.73 Å². The molecule has 96 valence electrons. The molecule has 0 aromatic heterocycles. The van der Waals surface area contributed by atoms with Crippen LogP contribution in [0, 0.1) is 5.82 Å². The number of nitrogens with two attached hydrogens (primary N) is 1. The molecule has 0 heterocycles. The molecule has 2 N–H and O–H groups in total. The van der Waals surface area contributed by atoms with Crippen LogP contribution in [0.1, 0.15) is 38.8 Å². The van der Waals surface area contributed by atoms with Crippen molar-refractivity contribution in [3.63, 3.8) is 0 Å². The predicted molar refractivity (Wildman–Crippen MR) is 70.3 cm³/mol. The van der Waals surface area contributed by atoms with Gasteiger partial charge in [0.25, 0.3) is 0 Å². The van der Waals surface area contributed by atoms with E-state index in [2.05, 4.69) is 18.7 Å². The molecule has 0 radical (unpaired) electrons. The van der Waals surface area contributed by atoms with Gasteiger partial charge >= 0.3 is 0 Å². The monoisotopic (exact) mass is 238 g/mol. The number of benzene rings is 1. The Balaban J connectivity index is 3.11. The van der Waals surface area contributed by atoms with Gasteiger partial charge in [-0.3, -0.25) is 4.90 Å². The molecule has 0 aliphatic carbocycles. The van der Waals surface area contributed by atoms with Gasteiger partial charge in [0.05, 0.1) is 6.04 Å². The topological polar surface area (TPSA) is 29.3 Å². The van der Waals surface area contributed by atoms with Crippen molar-refractivity contribution in [3.8, 4) is 0 Å². The van der Waals surface area contributed by atoms with Crippen LogP contribution < -0.4 is 5.73 Å². The third-order valence-electron chi connectivity index (χ3n) is 3.35. The van der Waals surface area contributed by atoms with Crippen LogP contribution in [0.5, 0.6) is 0 Å². The lowest BCUT2D eigenvalue weighted by Crippen LogP contribution is -2.42. The molecule has 3 heteroatoms.